The Kier molecular flexibility index (Phi) is 6.28. The Morgan fingerprint density at radius 1 is 0.629 bits per heavy atom. The van der Waals surface area contributed by atoms with Gasteiger partial charge in [0.2, 0.25) is 0 Å². The number of aromatic nitrogens is 2. The predicted octanol–water partition coefficient (Wildman–Crippen LogP) is 6.71. The highest BCUT2D eigenvalue weighted by Gasteiger charge is 2.30. The summed E-state index contributed by atoms with van der Waals surface area (Å²) in [5.41, 5.74) is 3.43. The molecule has 0 atom stereocenters. The quantitative estimate of drug-likeness (QED) is 0.315. The molecular formula is C30H31N3O2. The largest absolute Gasteiger partial charge is 0.268 e. The Labute approximate surface area is 206 Å². The lowest BCUT2D eigenvalue weighted by Crippen LogP contribution is -2.38. The minimum Gasteiger partial charge on any atom is -0.268 e. The highest BCUT2D eigenvalue weighted by molar-refractivity contribution is 6.27. The average Bonchev–Trinajstić information content (AvgIpc) is 2.83. The summed E-state index contributed by atoms with van der Waals surface area (Å²) in [4.78, 5) is 37.7. The second-order valence-electron chi connectivity index (χ2n) is 10.8. The van der Waals surface area contributed by atoms with E-state index >= 15 is 0 Å². The van der Waals surface area contributed by atoms with Crippen LogP contribution >= 0.6 is 0 Å². The average molecular weight is 466 g/mol. The lowest BCUT2D eigenvalue weighted by atomic mass is 9.86. The van der Waals surface area contributed by atoms with Crippen LogP contribution in [0.25, 0.3) is 10.9 Å². The van der Waals surface area contributed by atoms with Crippen molar-refractivity contribution in [1.29, 1.82) is 0 Å². The van der Waals surface area contributed by atoms with Crippen LogP contribution < -0.4 is 4.90 Å². The number of amides is 2. The maximum atomic E-state index is 13.8. The van der Waals surface area contributed by atoms with Crippen molar-refractivity contribution in [2.75, 3.05) is 4.90 Å². The molecule has 0 unspecified atom stereocenters. The van der Waals surface area contributed by atoms with Gasteiger partial charge < -0.3 is 0 Å². The van der Waals surface area contributed by atoms with Gasteiger partial charge in [-0.1, -0.05) is 71.9 Å². The topological polar surface area (TPSA) is 63.2 Å². The number of carbonyl (C=O) groups is 2. The summed E-state index contributed by atoms with van der Waals surface area (Å²) < 4.78 is 0. The Balaban J connectivity index is 1.82. The van der Waals surface area contributed by atoms with Crippen LogP contribution in [0.5, 0.6) is 0 Å². The molecule has 0 spiro atoms. The summed E-state index contributed by atoms with van der Waals surface area (Å²) in [5.74, 6) is -0.667. The first-order valence-electron chi connectivity index (χ1n) is 11.8. The molecule has 0 saturated carbocycles. The fraction of sp³-hybridized carbons (Fsp3) is 0.267. The molecular weight excluding hydrogens is 434 g/mol. The summed E-state index contributed by atoms with van der Waals surface area (Å²) in [6, 6.07) is 20.3. The summed E-state index contributed by atoms with van der Waals surface area (Å²) >= 11 is 0. The fourth-order valence-electron chi connectivity index (χ4n) is 3.92. The van der Waals surface area contributed by atoms with Crippen molar-refractivity contribution in [3.8, 4) is 0 Å². The zero-order chi connectivity index (χ0) is 25.4. The van der Waals surface area contributed by atoms with E-state index in [0.717, 1.165) is 21.4 Å². The van der Waals surface area contributed by atoms with Crippen molar-refractivity contribution >= 4 is 28.5 Å². The van der Waals surface area contributed by atoms with E-state index in [1.54, 1.807) is 36.7 Å². The van der Waals surface area contributed by atoms with Crippen molar-refractivity contribution in [2.24, 2.45) is 0 Å². The first-order valence-corrected chi connectivity index (χ1v) is 11.8. The van der Waals surface area contributed by atoms with Crippen LogP contribution in [-0.4, -0.2) is 21.8 Å². The van der Waals surface area contributed by atoms with Gasteiger partial charge in [0.15, 0.2) is 5.82 Å². The summed E-state index contributed by atoms with van der Waals surface area (Å²) in [5, 5.41) is 0.800. The van der Waals surface area contributed by atoms with Crippen LogP contribution in [0.15, 0.2) is 79.1 Å². The Morgan fingerprint density at radius 2 is 1.11 bits per heavy atom. The van der Waals surface area contributed by atoms with Crippen LogP contribution in [-0.2, 0) is 10.8 Å². The molecule has 0 radical (unpaired) electrons. The molecule has 2 aromatic carbocycles. The molecule has 2 amide bonds. The predicted molar refractivity (Wildman–Crippen MR) is 141 cm³/mol. The van der Waals surface area contributed by atoms with Crippen LogP contribution in [0, 0.1) is 0 Å². The Morgan fingerprint density at radius 3 is 1.57 bits per heavy atom. The van der Waals surface area contributed by atoms with Crippen molar-refractivity contribution in [2.45, 2.75) is 52.4 Å². The van der Waals surface area contributed by atoms with E-state index in [4.69, 9.17) is 0 Å². The van der Waals surface area contributed by atoms with Gasteiger partial charge in [-0.2, -0.15) is 0 Å². The minimum absolute atomic E-state index is 0.0486. The van der Waals surface area contributed by atoms with Crippen molar-refractivity contribution in [3.05, 3.63) is 101 Å². The van der Waals surface area contributed by atoms with Gasteiger partial charge in [-0.15, -0.1) is 0 Å². The monoisotopic (exact) mass is 465 g/mol. The van der Waals surface area contributed by atoms with Crippen molar-refractivity contribution in [3.63, 3.8) is 0 Å². The van der Waals surface area contributed by atoms with E-state index in [0.29, 0.717) is 16.6 Å². The molecule has 2 heterocycles. The number of nitrogens with zero attached hydrogens (tertiary/aromatic N) is 3. The van der Waals surface area contributed by atoms with E-state index in [1.807, 2.05) is 42.5 Å². The van der Waals surface area contributed by atoms with Crippen molar-refractivity contribution < 1.29 is 9.59 Å². The number of benzene rings is 2. The molecule has 178 valence electrons. The van der Waals surface area contributed by atoms with Crippen molar-refractivity contribution in [1.82, 2.24) is 9.97 Å². The van der Waals surface area contributed by atoms with E-state index in [9.17, 15) is 9.59 Å². The molecule has 2 aromatic heterocycles. The summed E-state index contributed by atoms with van der Waals surface area (Å²) in [6.45, 7) is 12.7. The number of imide groups is 1. The van der Waals surface area contributed by atoms with Gasteiger partial charge in [0.05, 0.1) is 0 Å². The van der Waals surface area contributed by atoms with Crippen LogP contribution in [0.1, 0.15) is 73.4 Å². The maximum absolute atomic E-state index is 13.8. The molecule has 0 N–H and O–H groups in total. The number of hydrogen-bond donors (Lipinski definition) is 0. The van der Waals surface area contributed by atoms with Gasteiger partial charge in [-0.25, -0.2) is 9.88 Å². The fourth-order valence-corrected chi connectivity index (χ4v) is 3.92. The van der Waals surface area contributed by atoms with Crippen LogP contribution in [0.3, 0.4) is 0 Å². The molecule has 0 bridgehead atoms. The zero-order valence-corrected chi connectivity index (χ0v) is 21.2. The standard InChI is InChI=1S/C30H31N3O2/c1-29(2,3)23-13-9-21(10-14-23)27(34)33(26-25-20(17-19-32-26)8-7-18-31-25)28(35)22-11-15-24(16-12-22)30(4,5)6/h7-19H,1-6H3. The van der Waals surface area contributed by atoms with Gasteiger partial charge in [0.1, 0.15) is 5.52 Å². The highest BCUT2D eigenvalue weighted by Crippen LogP contribution is 2.28. The van der Waals surface area contributed by atoms with Gasteiger partial charge in [0.25, 0.3) is 11.8 Å². The normalized spacial score (nSPS) is 11.9. The molecule has 5 heteroatoms. The molecule has 0 aliphatic heterocycles. The van der Waals surface area contributed by atoms with E-state index < -0.39 is 11.8 Å². The second kappa shape index (κ2) is 9.06. The first kappa shape index (κ1) is 24.3. The number of pyridine rings is 2. The van der Waals surface area contributed by atoms with Gasteiger partial charge in [-0.05, 0) is 58.4 Å². The third kappa shape index (κ3) is 4.99. The SMILES string of the molecule is CC(C)(C)c1ccc(C(=O)N(C(=O)c2ccc(C(C)(C)C)cc2)c2nccc3cccnc23)cc1. The van der Waals surface area contributed by atoms with Crippen LogP contribution in [0.2, 0.25) is 0 Å². The van der Waals surface area contributed by atoms with Gasteiger partial charge >= 0.3 is 0 Å². The third-order valence-corrected chi connectivity index (χ3v) is 6.12. The number of anilines is 1. The van der Waals surface area contributed by atoms with Gasteiger partial charge in [0, 0.05) is 28.9 Å². The third-order valence-electron chi connectivity index (χ3n) is 6.12. The molecule has 5 nitrogen and oxygen atoms in total. The molecule has 0 saturated heterocycles. The van der Waals surface area contributed by atoms with E-state index in [-0.39, 0.29) is 16.6 Å². The van der Waals surface area contributed by atoms with E-state index in [2.05, 4.69) is 51.5 Å². The molecule has 0 fully saturated rings. The molecule has 4 rings (SSSR count). The minimum atomic E-state index is -0.444. The highest BCUT2D eigenvalue weighted by atomic mass is 16.2. The maximum Gasteiger partial charge on any atom is 0.266 e. The number of hydrogen-bond acceptors (Lipinski definition) is 4. The molecule has 35 heavy (non-hydrogen) atoms. The number of rotatable bonds is 3. The zero-order valence-electron chi connectivity index (χ0n) is 21.2. The second-order valence-corrected chi connectivity index (χ2v) is 10.8. The molecule has 0 aliphatic carbocycles. The lowest BCUT2D eigenvalue weighted by molar-refractivity contribution is 0.0896. The van der Waals surface area contributed by atoms with Gasteiger partial charge in [-0.3, -0.25) is 14.6 Å². The smallest absolute Gasteiger partial charge is 0.266 e. The first-order chi connectivity index (χ1) is 16.5. The summed E-state index contributed by atoms with van der Waals surface area (Å²) in [7, 11) is 0. The van der Waals surface area contributed by atoms with Crippen LogP contribution in [0.4, 0.5) is 5.82 Å². The molecule has 0 aliphatic rings. The Hall–Kier alpha value is -3.86. The number of fused-ring (bicyclic) bond motifs is 1. The summed E-state index contributed by atoms with van der Waals surface area (Å²) in [6.07, 6.45) is 3.23. The Bertz CT molecular complexity index is 1300. The van der Waals surface area contributed by atoms with E-state index in [1.165, 1.54) is 0 Å². The lowest BCUT2D eigenvalue weighted by Gasteiger charge is -2.23. The number of carbonyl (C=O) groups excluding carboxylic acids is 2. The molecule has 4 aromatic rings.